The van der Waals surface area contributed by atoms with Crippen molar-refractivity contribution in [1.82, 2.24) is 13.9 Å². The first-order valence-corrected chi connectivity index (χ1v) is 9.19. The topological polar surface area (TPSA) is 92.5 Å². The SMILES string of the molecule is CCCn1cc(S(=O)(=O)N2C(C)SCC2C(=O)O)nc1C. The molecule has 0 radical (unpaired) electrons. The monoisotopic (exact) mass is 333 g/mol. The summed E-state index contributed by atoms with van der Waals surface area (Å²) in [5, 5.41) is 8.73. The minimum Gasteiger partial charge on any atom is -0.480 e. The van der Waals surface area contributed by atoms with E-state index in [0.717, 1.165) is 10.7 Å². The molecule has 2 unspecified atom stereocenters. The number of hydrogen-bond donors (Lipinski definition) is 1. The number of carbonyl (C=O) groups is 1. The predicted octanol–water partition coefficient (Wildman–Crippen LogP) is 1.14. The Morgan fingerprint density at radius 2 is 2.24 bits per heavy atom. The van der Waals surface area contributed by atoms with Gasteiger partial charge in [0.05, 0.1) is 5.37 Å². The van der Waals surface area contributed by atoms with Crippen LogP contribution in [0.1, 0.15) is 26.1 Å². The smallest absolute Gasteiger partial charge is 0.322 e. The van der Waals surface area contributed by atoms with Gasteiger partial charge in [-0.1, -0.05) is 6.92 Å². The summed E-state index contributed by atoms with van der Waals surface area (Å²) < 4.78 is 28.2. The van der Waals surface area contributed by atoms with Gasteiger partial charge in [0.1, 0.15) is 11.9 Å². The Morgan fingerprint density at radius 3 is 2.81 bits per heavy atom. The van der Waals surface area contributed by atoms with Crippen LogP contribution in [-0.4, -0.2) is 50.5 Å². The van der Waals surface area contributed by atoms with Crippen LogP contribution >= 0.6 is 11.8 Å². The lowest BCUT2D eigenvalue weighted by atomic mass is 10.3. The molecule has 1 N–H and O–H groups in total. The van der Waals surface area contributed by atoms with Crippen LogP contribution in [0.2, 0.25) is 0 Å². The van der Waals surface area contributed by atoms with Crippen molar-refractivity contribution in [3.63, 3.8) is 0 Å². The van der Waals surface area contributed by atoms with Gasteiger partial charge in [0.25, 0.3) is 10.0 Å². The minimum atomic E-state index is -3.90. The van der Waals surface area contributed by atoms with Crippen LogP contribution in [0.25, 0.3) is 0 Å². The molecule has 0 amide bonds. The summed E-state index contributed by atoms with van der Waals surface area (Å²) in [6.45, 7) is 6.11. The van der Waals surface area contributed by atoms with Crippen molar-refractivity contribution in [1.29, 1.82) is 0 Å². The van der Waals surface area contributed by atoms with Crippen LogP contribution < -0.4 is 0 Å². The van der Waals surface area contributed by atoms with Gasteiger partial charge in [0, 0.05) is 18.5 Å². The number of hydrogen-bond acceptors (Lipinski definition) is 5. The average Bonchev–Trinajstić information content (AvgIpc) is 2.95. The van der Waals surface area contributed by atoms with Crippen molar-refractivity contribution in [2.24, 2.45) is 0 Å². The van der Waals surface area contributed by atoms with Crippen molar-refractivity contribution in [2.75, 3.05) is 5.75 Å². The number of carboxylic acid groups (broad SMARTS) is 1. The third-order valence-electron chi connectivity index (χ3n) is 3.41. The van der Waals surface area contributed by atoms with Crippen LogP contribution in [0.3, 0.4) is 0 Å². The molecule has 9 heteroatoms. The molecule has 0 bridgehead atoms. The number of sulfonamides is 1. The molecule has 1 saturated heterocycles. The zero-order valence-electron chi connectivity index (χ0n) is 12.2. The Bertz CT molecular complexity index is 641. The summed E-state index contributed by atoms with van der Waals surface area (Å²) in [5.74, 6) is -0.258. The van der Waals surface area contributed by atoms with E-state index in [1.54, 1.807) is 18.4 Å². The second-order valence-electron chi connectivity index (χ2n) is 4.94. The molecule has 2 rings (SSSR count). The van der Waals surface area contributed by atoms with Gasteiger partial charge in [0.15, 0.2) is 5.03 Å². The highest BCUT2D eigenvalue weighted by molar-refractivity contribution is 8.01. The maximum absolute atomic E-state index is 12.7. The predicted molar refractivity (Wildman–Crippen MR) is 79.6 cm³/mol. The number of aryl methyl sites for hydroxylation is 2. The summed E-state index contributed by atoms with van der Waals surface area (Å²) in [6.07, 6.45) is 2.35. The molecule has 118 valence electrons. The standard InChI is InChI=1S/C12H19N3O4S2/c1-4-5-14-6-11(13-8(14)2)21(18,19)15-9(3)20-7-10(15)12(16)17/h6,9-10H,4-5,7H2,1-3H3,(H,16,17). The summed E-state index contributed by atoms with van der Waals surface area (Å²) in [6, 6.07) is -1.04. The number of aliphatic carboxylic acids is 1. The average molecular weight is 333 g/mol. The Labute approximate surface area is 128 Å². The van der Waals surface area contributed by atoms with Crippen molar-refractivity contribution >= 4 is 27.8 Å². The van der Waals surface area contributed by atoms with Crippen LogP contribution in [0, 0.1) is 6.92 Å². The summed E-state index contributed by atoms with van der Waals surface area (Å²) >= 11 is 1.32. The van der Waals surface area contributed by atoms with E-state index in [4.69, 9.17) is 0 Å². The number of thioether (sulfide) groups is 1. The van der Waals surface area contributed by atoms with Crippen molar-refractivity contribution in [3.8, 4) is 0 Å². The third kappa shape index (κ3) is 2.95. The van der Waals surface area contributed by atoms with E-state index >= 15 is 0 Å². The second kappa shape index (κ2) is 5.98. The molecule has 0 aliphatic carbocycles. The number of carboxylic acids is 1. The minimum absolute atomic E-state index is 0.0750. The van der Waals surface area contributed by atoms with Gasteiger partial charge < -0.3 is 9.67 Å². The highest BCUT2D eigenvalue weighted by Crippen LogP contribution is 2.34. The summed E-state index contributed by atoms with van der Waals surface area (Å²) in [7, 11) is -3.90. The van der Waals surface area contributed by atoms with Gasteiger partial charge in [-0.25, -0.2) is 13.4 Å². The molecule has 1 aliphatic rings. The molecule has 2 heterocycles. The lowest BCUT2D eigenvalue weighted by molar-refractivity contribution is -0.140. The van der Waals surface area contributed by atoms with Gasteiger partial charge in [0.2, 0.25) is 0 Å². The maximum Gasteiger partial charge on any atom is 0.322 e. The van der Waals surface area contributed by atoms with Crippen LogP contribution in [0.4, 0.5) is 0 Å². The van der Waals surface area contributed by atoms with Gasteiger partial charge >= 0.3 is 5.97 Å². The number of rotatable bonds is 5. The molecule has 7 nitrogen and oxygen atoms in total. The molecule has 0 saturated carbocycles. The van der Waals surface area contributed by atoms with Crippen molar-refractivity contribution < 1.29 is 18.3 Å². The molecular weight excluding hydrogens is 314 g/mol. The first kappa shape index (κ1) is 16.3. The van der Waals surface area contributed by atoms with E-state index in [1.807, 2.05) is 6.92 Å². The van der Waals surface area contributed by atoms with Crippen molar-refractivity contribution in [2.45, 2.75) is 50.2 Å². The molecule has 2 atom stereocenters. The lowest BCUT2D eigenvalue weighted by Crippen LogP contribution is -2.44. The fraction of sp³-hybridized carbons (Fsp3) is 0.667. The Balaban J connectivity index is 2.41. The van der Waals surface area contributed by atoms with Crippen LogP contribution in [0.5, 0.6) is 0 Å². The first-order valence-electron chi connectivity index (χ1n) is 6.70. The molecule has 21 heavy (non-hydrogen) atoms. The van der Waals surface area contributed by atoms with Gasteiger partial charge in [-0.15, -0.1) is 11.8 Å². The molecule has 1 aliphatic heterocycles. The van der Waals surface area contributed by atoms with E-state index in [2.05, 4.69) is 4.98 Å². The Hall–Kier alpha value is -1.06. The molecular formula is C12H19N3O4S2. The van der Waals surface area contributed by atoms with Crippen LogP contribution in [-0.2, 0) is 21.4 Å². The van der Waals surface area contributed by atoms with E-state index in [-0.39, 0.29) is 10.8 Å². The van der Waals surface area contributed by atoms with Crippen molar-refractivity contribution in [3.05, 3.63) is 12.0 Å². The zero-order chi connectivity index (χ0) is 15.8. The lowest BCUT2D eigenvalue weighted by Gasteiger charge is -2.22. The van der Waals surface area contributed by atoms with E-state index < -0.39 is 27.4 Å². The Kier molecular flexibility index (Phi) is 4.64. The Morgan fingerprint density at radius 1 is 1.57 bits per heavy atom. The quantitative estimate of drug-likeness (QED) is 0.868. The highest BCUT2D eigenvalue weighted by atomic mass is 32.2. The maximum atomic E-state index is 12.7. The third-order valence-corrected chi connectivity index (χ3v) is 6.61. The molecule has 1 fully saturated rings. The van der Waals surface area contributed by atoms with Gasteiger partial charge in [-0.05, 0) is 20.3 Å². The van der Waals surface area contributed by atoms with E-state index in [0.29, 0.717) is 12.4 Å². The van der Waals surface area contributed by atoms with Gasteiger partial charge in [-0.2, -0.15) is 4.31 Å². The highest BCUT2D eigenvalue weighted by Gasteiger charge is 2.45. The summed E-state index contributed by atoms with van der Waals surface area (Å²) in [4.78, 5) is 15.4. The molecule has 0 aromatic carbocycles. The molecule has 1 aromatic rings. The summed E-state index contributed by atoms with van der Waals surface area (Å²) in [5.41, 5.74) is 0. The fourth-order valence-corrected chi connectivity index (χ4v) is 5.64. The normalized spacial score (nSPS) is 23.6. The number of imidazole rings is 1. The number of aromatic nitrogens is 2. The fourth-order valence-electron chi connectivity index (χ4n) is 2.35. The number of nitrogens with zero attached hydrogens (tertiary/aromatic N) is 3. The van der Waals surface area contributed by atoms with Gasteiger partial charge in [-0.3, -0.25) is 4.79 Å². The van der Waals surface area contributed by atoms with Crippen LogP contribution in [0.15, 0.2) is 11.2 Å². The molecule has 1 aromatic heterocycles. The molecule has 0 spiro atoms. The first-order chi connectivity index (χ1) is 9.78. The van der Waals surface area contributed by atoms with E-state index in [9.17, 15) is 18.3 Å². The van der Waals surface area contributed by atoms with E-state index in [1.165, 1.54) is 18.0 Å². The zero-order valence-corrected chi connectivity index (χ0v) is 13.8. The second-order valence-corrected chi connectivity index (χ2v) is 8.08. The largest absolute Gasteiger partial charge is 0.480 e.